The average Bonchev–Trinajstić information content (AvgIpc) is 2.21. The fourth-order valence-corrected chi connectivity index (χ4v) is 1.21. The van der Waals surface area contributed by atoms with Crippen LogP contribution in [0.4, 0.5) is 0 Å². The van der Waals surface area contributed by atoms with E-state index in [-0.39, 0.29) is 11.5 Å². The van der Waals surface area contributed by atoms with Crippen LogP contribution in [0.5, 0.6) is 0 Å². The molecule has 0 saturated heterocycles. The first-order chi connectivity index (χ1) is 7.04. The molecule has 0 saturated carbocycles. The van der Waals surface area contributed by atoms with E-state index in [9.17, 15) is 4.79 Å². The van der Waals surface area contributed by atoms with E-state index in [1.54, 1.807) is 7.05 Å². The maximum Gasteiger partial charge on any atom is 0.253 e. The van der Waals surface area contributed by atoms with Gasteiger partial charge in [-0.2, -0.15) is 0 Å². The minimum absolute atomic E-state index is 0.0656. The van der Waals surface area contributed by atoms with Gasteiger partial charge < -0.3 is 9.98 Å². The number of allylic oxidation sites excluding steroid dienone is 2. The lowest BCUT2D eigenvalue weighted by Crippen LogP contribution is -2.16. The standard InChI is InChI=1S/C11H15N3O/c1-8(6-12)4-9(2)10-5-11(15)14(3)7-13-10/h4-8,12H,1-3H3/b9-4+,12-6?. The van der Waals surface area contributed by atoms with Gasteiger partial charge in [0, 0.05) is 25.2 Å². The molecular formula is C11H15N3O. The monoisotopic (exact) mass is 205 g/mol. The Balaban J connectivity index is 3.06. The summed E-state index contributed by atoms with van der Waals surface area (Å²) in [5.41, 5.74) is 1.52. The Morgan fingerprint density at radius 2 is 2.33 bits per heavy atom. The number of nitrogens with zero attached hydrogens (tertiary/aromatic N) is 2. The molecule has 0 spiro atoms. The number of aromatic nitrogens is 2. The molecule has 0 radical (unpaired) electrons. The van der Waals surface area contributed by atoms with Crippen LogP contribution in [0.15, 0.2) is 23.3 Å². The largest absolute Gasteiger partial charge is 0.313 e. The summed E-state index contributed by atoms with van der Waals surface area (Å²) in [6.07, 6.45) is 4.77. The highest BCUT2D eigenvalue weighted by molar-refractivity contribution is 5.67. The van der Waals surface area contributed by atoms with Crippen molar-refractivity contribution < 1.29 is 0 Å². The predicted molar refractivity (Wildman–Crippen MR) is 61.1 cm³/mol. The Labute approximate surface area is 88.8 Å². The second-order valence-corrected chi connectivity index (χ2v) is 3.60. The zero-order chi connectivity index (χ0) is 11.4. The molecule has 1 atom stereocenters. The maximum absolute atomic E-state index is 11.4. The highest BCUT2D eigenvalue weighted by Crippen LogP contribution is 2.10. The van der Waals surface area contributed by atoms with E-state index < -0.39 is 0 Å². The third kappa shape index (κ3) is 2.87. The van der Waals surface area contributed by atoms with Gasteiger partial charge in [-0.05, 0) is 12.5 Å². The van der Waals surface area contributed by atoms with Crippen LogP contribution in [0.3, 0.4) is 0 Å². The van der Waals surface area contributed by atoms with Crippen molar-refractivity contribution >= 4 is 11.8 Å². The van der Waals surface area contributed by atoms with Gasteiger partial charge in [-0.1, -0.05) is 13.0 Å². The van der Waals surface area contributed by atoms with Gasteiger partial charge in [0.1, 0.15) is 0 Å². The van der Waals surface area contributed by atoms with Crippen LogP contribution in [-0.4, -0.2) is 15.8 Å². The molecule has 0 bridgehead atoms. The van der Waals surface area contributed by atoms with E-state index >= 15 is 0 Å². The second-order valence-electron chi connectivity index (χ2n) is 3.60. The molecule has 0 amide bonds. The van der Waals surface area contributed by atoms with Crippen LogP contribution in [0.25, 0.3) is 5.57 Å². The Bertz CT molecular complexity index is 445. The molecule has 0 aromatic carbocycles. The normalized spacial score (nSPS) is 13.7. The van der Waals surface area contributed by atoms with Crippen molar-refractivity contribution in [2.75, 3.05) is 0 Å². The van der Waals surface area contributed by atoms with Crippen molar-refractivity contribution in [3.05, 3.63) is 34.5 Å². The van der Waals surface area contributed by atoms with Gasteiger partial charge in [-0.3, -0.25) is 4.79 Å². The molecule has 0 fully saturated rings. The van der Waals surface area contributed by atoms with E-state index in [4.69, 9.17) is 5.41 Å². The van der Waals surface area contributed by atoms with Gasteiger partial charge in [-0.15, -0.1) is 0 Å². The molecular weight excluding hydrogens is 190 g/mol. The van der Waals surface area contributed by atoms with Crippen LogP contribution < -0.4 is 5.56 Å². The summed E-state index contributed by atoms with van der Waals surface area (Å²) in [6, 6.07) is 1.50. The van der Waals surface area contributed by atoms with E-state index in [1.165, 1.54) is 23.2 Å². The SMILES string of the molecule is C/C(=C\C(C)C=N)c1cc(=O)n(C)cn1. The Kier molecular flexibility index (Phi) is 3.55. The quantitative estimate of drug-likeness (QED) is 0.759. The van der Waals surface area contributed by atoms with Crippen LogP contribution >= 0.6 is 0 Å². The summed E-state index contributed by atoms with van der Waals surface area (Å²) in [7, 11) is 1.67. The molecule has 4 nitrogen and oxygen atoms in total. The van der Waals surface area contributed by atoms with Crippen LogP contribution in [0.2, 0.25) is 0 Å². The highest BCUT2D eigenvalue weighted by atomic mass is 16.1. The number of aryl methyl sites for hydroxylation is 1. The minimum Gasteiger partial charge on any atom is -0.313 e. The summed E-state index contributed by atoms with van der Waals surface area (Å²) in [5.74, 6) is 0.0656. The smallest absolute Gasteiger partial charge is 0.253 e. The molecule has 1 aromatic rings. The number of rotatable bonds is 3. The average molecular weight is 205 g/mol. The van der Waals surface area contributed by atoms with Crippen LogP contribution in [0.1, 0.15) is 19.5 Å². The summed E-state index contributed by atoms with van der Waals surface area (Å²) in [6.45, 7) is 3.80. The van der Waals surface area contributed by atoms with Crippen molar-refractivity contribution in [1.82, 2.24) is 9.55 Å². The molecule has 0 aliphatic carbocycles. The third-order valence-electron chi connectivity index (χ3n) is 2.16. The first-order valence-corrected chi connectivity index (χ1v) is 4.76. The number of hydrogen-bond acceptors (Lipinski definition) is 3. The summed E-state index contributed by atoms with van der Waals surface area (Å²) in [5, 5.41) is 7.09. The van der Waals surface area contributed by atoms with Gasteiger partial charge in [-0.25, -0.2) is 4.98 Å². The first-order valence-electron chi connectivity index (χ1n) is 4.76. The molecule has 15 heavy (non-hydrogen) atoms. The Hall–Kier alpha value is -1.71. The molecule has 1 rings (SSSR count). The Morgan fingerprint density at radius 1 is 1.67 bits per heavy atom. The van der Waals surface area contributed by atoms with E-state index in [2.05, 4.69) is 4.98 Å². The number of hydrogen-bond donors (Lipinski definition) is 1. The van der Waals surface area contributed by atoms with Crippen molar-refractivity contribution in [3.63, 3.8) is 0 Å². The lowest BCUT2D eigenvalue weighted by Gasteiger charge is -2.03. The summed E-state index contributed by atoms with van der Waals surface area (Å²) >= 11 is 0. The molecule has 1 unspecified atom stereocenters. The summed E-state index contributed by atoms with van der Waals surface area (Å²) < 4.78 is 1.43. The van der Waals surface area contributed by atoms with Gasteiger partial charge >= 0.3 is 0 Å². The van der Waals surface area contributed by atoms with Gasteiger partial charge in [0.25, 0.3) is 5.56 Å². The van der Waals surface area contributed by atoms with Gasteiger partial charge in [0.2, 0.25) is 0 Å². The fourth-order valence-electron chi connectivity index (χ4n) is 1.21. The predicted octanol–water partition coefficient (Wildman–Crippen LogP) is 1.47. The Morgan fingerprint density at radius 3 is 2.87 bits per heavy atom. The van der Waals surface area contributed by atoms with Crippen LogP contribution in [-0.2, 0) is 7.05 Å². The molecule has 4 heteroatoms. The molecule has 1 N–H and O–H groups in total. The van der Waals surface area contributed by atoms with E-state index in [0.29, 0.717) is 5.69 Å². The first kappa shape index (κ1) is 11.4. The lowest BCUT2D eigenvalue weighted by atomic mass is 10.1. The van der Waals surface area contributed by atoms with Crippen molar-refractivity contribution in [2.24, 2.45) is 13.0 Å². The maximum atomic E-state index is 11.4. The van der Waals surface area contributed by atoms with E-state index in [0.717, 1.165) is 5.57 Å². The molecule has 1 aromatic heterocycles. The van der Waals surface area contributed by atoms with Gasteiger partial charge in [0.15, 0.2) is 0 Å². The van der Waals surface area contributed by atoms with Crippen LogP contribution in [0, 0.1) is 11.3 Å². The summed E-state index contributed by atoms with van der Waals surface area (Å²) in [4.78, 5) is 15.5. The number of nitrogens with one attached hydrogen (secondary N) is 1. The second kappa shape index (κ2) is 4.68. The van der Waals surface area contributed by atoms with Crippen molar-refractivity contribution in [2.45, 2.75) is 13.8 Å². The lowest BCUT2D eigenvalue weighted by molar-refractivity contribution is 0.819. The zero-order valence-corrected chi connectivity index (χ0v) is 9.19. The van der Waals surface area contributed by atoms with Gasteiger partial charge in [0.05, 0.1) is 12.0 Å². The molecule has 80 valence electrons. The third-order valence-corrected chi connectivity index (χ3v) is 2.16. The fraction of sp³-hybridized carbons (Fsp3) is 0.364. The molecule has 0 aliphatic heterocycles. The van der Waals surface area contributed by atoms with Crippen molar-refractivity contribution in [3.8, 4) is 0 Å². The highest BCUT2D eigenvalue weighted by Gasteiger charge is 2.01. The van der Waals surface area contributed by atoms with E-state index in [1.807, 2.05) is 19.9 Å². The minimum atomic E-state index is -0.0738. The molecule has 1 heterocycles. The zero-order valence-electron chi connectivity index (χ0n) is 9.19. The van der Waals surface area contributed by atoms with Crippen molar-refractivity contribution in [1.29, 1.82) is 5.41 Å². The molecule has 0 aliphatic rings. The topological polar surface area (TPSA) is 58.7 Å².